The molecule has 2 N–H and O–H groups in total. The maximum absolute atomic E-state index is 12.9. The Kier molecular flexibility index (Phi) is 8.46. The fourth-order valence-electron chi connectivity index (χ4n) is 3.14. The summed E-state index contributed by atoms with van der Waals surface area (Å²) in [6, 6.07) is -3.73. The Morgan fingerprint density at radius 1 is 1.00 bits per heavy atom. The molecule has 8 nitrogen and oxygen atoms in total. The van der Waals surface area contributed by atoms with Crippen molar-refractivity contribution in [2.75, 3.05) is 13.7 Å². The molecular weight excluding hydrogens is 395 g/mol. The second kappa shape index (κ2) is 9.93. The molecule has 0 bridgehead atoms. The Hall–Kier alpha value is -2.33. The van der Waals surface area contributed by atoms with Gasteiger partial charge >= 0.3 is 12.3 Å². The number of nitrogens with one attached hydrogen (secondary N) is 2. The van der Waals surface area contributed by atoms with E-state index < -0.39 is 53.9 Å². The lowest BCUT2D eigenvalue weighted by molar-refractivity contribution is -0.175. The summed E-state index contributed by atoms with van der Waals surface area (Å²) in [4.78, 5) is 49.9. The third-order valence-corrected chi connectivity index (χ3v) is 4.76. The number of carbonyl (C=O) groups excluding carboxylic acids is 4. The SMILES string of the molecule is COC(=O)NC(C(=O)N1CCCC1C(=O)NC(C(=O)C(F)(F)F)C(C)C)C(C)C. The van der Waals surface area contributed by atoms with Crippen LogP contribution in [0.3, 0.4) is 0 Å². The van der Waals surface area contributed by atoms with Crippen LogP contribution < -0.4 is 10.6 Å². The summed E-state index contributed by atoms with van der Waals surface area (Å²) in [6.45, 7) is 6.38. The first-order chi connectivity index (χ1) is 13.3. The Morgan fingerprint density at radius 2 is 1.55 bits per heavy atom. The molecule has 3 atom stereocenters. The molecule has 29 heavy (non-hydrogen) atoms. The van der Waals surface area contributed by atoms with Gasteiger partial charge in [0.25, 0.3) is 5.78 Å². The number of carbonyl (C=O) groups is 4. The minimum Gasteiger partial charge on any atom is -0.453 e. The maximum Gasteiger partial charge on any atom is 0.452 e. The number of ketones is 1. The molecule has 0 aromatic heterocycles. The Bertz CT molecular complexity index is 637. The van der Waals surface area contributed by atoms with Crippen molar-refractivity contribution >= 4 is 23.7 Å². The number of Topliss-reactive ketones (excluding diaryl/α,β-unsaturated/α-hetero) is 1. The van der Waals surface area contributed by atoms with Crippen molar-refractivity contribution in [2.24, 2.45) is 11.8 Å². The molecule has 1 rings (SSSR count). The predicted molar refractivity (Wildman–Crippen MR) is 96.7 cm³/mol. The molecule has 1 heterocycles. The Morgan fingerprint density at radius 3 is 2.00 bits per heavy atom. The average Bonchev–Trinajstić information content (AvgIpc) is 3.11. The van der Waals surface area contributed by atoms with E-state index in [0.29, 0.717) is 6.42 Å². The summed E-state index contributed by atoms with van der Waals surface area (Å²) < 4.78 is 43.0. The second-order valence-corrected chi connectivity index (χ2v) is 7.64. The van der Waals surface area contributed by atoms with Gasteiger partial charge in [0.15, 0.2) is 0 Å². The van der Waals surface area contributed by atoms with Crippen LogP contribution in [0.4, 0.5) is 18.0 Å². The summed E-state index contributed by atoms with van der Waals surface area (Å²) in [5.41, 5.74) is 0. The predicted octanol–water partition coefficient (Wildman–Crippen LogP) is 1.63. The molecular formula is C18H28F3N3O5. The van der Waals surface area contributed by atoms with E-state index in [1.54, 1.807) is 13.8 Å². The van der Waals surface area contributed by atoms with Gasteiger partial charge in [-0.15, -0.1) is 0 Å². The number of hydrogen-bond acceptors (Lipinski definition) is 5. The minimum atomic E-state index is -5.08. The second-order valence-electron chi connectivity index (χ2n) is 7.64. The van der Waals surface area contributed by atoms with E-state index in [1.165, 1.54) is 18.7 Å². The van der Waals surface area contributed by atoms with E-state index in [9.17, 15) is 32.3 Å². The van der Waals surface area contributed by atoms with Crippen molar-refractivity contribution < 1.29 is 37.1 Å². The van der Waals surface area contributed by atoms with E-state index in [2.05, 4.69) is 15.4 Å². The molecule has 0 aromatic carbocycles. The standard InChI is InChI=1S/C18H28F3N3O5/c1-9(2)12(14(25)18(19,20)21)22-15(26)11-7-6-8-24(11)16(27)13(10(3)4)23-17(28)29-5/h9-13H,6-8H2,1-5H3,(H,22,26)(H,23,28). The highest BCUT2D eigenvalue weighted by molar-refractivity contribution is 5.96. The zero-order valence-electron chi connectivity index (χ0n) is 17.1. The van der Waals surface area contributed by atoms with E-state index >= 15 is 0 Å². The molecule has 1 aliphatic heterocycles. The molecule has 0 radical (unpaired) electrons. The van der Waals surface area contributed by atoms with Gasteiger partial charge in [-0.2, -0.15) is 13.2 Å². The Labute approximate surface area is 167 Å². The van der Waals surface area contributed by atoms with Crippen LogP contribution in [0, 0.1) is 11.8 Å². The number of alkyl halides is 3. The smallest absolute Gasteiger partial charge is 0.452 e. The maximum atomic E-state index is 12.9. The topological polar surface area (TPSA) is 105 Å². The highest BCUT2D eigenvalue weighted by Crippen LogP contribution is 2.24. The van der Waals surface area contributed by atoms with Crippen molar-refractivity contribution in [1.29, 1.82) is 0 Å². The van der Waals surface area contributed by atoms with E-state index in [1.807, 2.05) is 0 Å². The van der Waals surface area contributed by atoms with Gasteiger partial charge in [0.2, 0.25) is 11.8 Å². The highest BCUT2D eigenvalue weighted by Gasteiger charge is 2.46. The Balaban J connectivity index is 2.99. The number of rotatable bonds is 7. The van der Waals surface area contributed by atoms with Crippen LogP contribution in [0.1, 0.15) is 40.5 Å². The van der Waals surface area contributed by atoms with Crippen molar-refractivity contribution in [3.8, 4) is 0 Å². The average molecular weight is 423 g/mol. The van der Waals surface area contributed by atoms with Crippen LogP contribution >= 0.6 is 0 Å². The molecule has 166 valence electrons. The van der Waals surface area contributed by atoms with Gasteiger partial charge in [0, 0.05) is 6.54 Å². The van der Waals surface area contributed by atoms with Gasteiger partial charge in [-0.3, -0.25) is 14.4 Å². The quantitative estimate of drug-likeness (QED) is 0.648. The molecule has 0 saturated carbocycles. The largest absolute Gasteiger partial charge is 0.453 e. The zero-order valence-corrected chi connectivity index (χ0v) is 17.1. The molecule has 0 aliphatic carbocycles. The van der Waals surface area contributed by atoms with E-state index in [-0.39, 0.29) is 18.9 Å². The van der Waals surface area contributed by atoms with Crippen LogP contribution in [-0.2, 0) is 19.1 Å². The van der Waals surface area contributed by atoms with Crippen LogP contribution in [0.5, 0.6) is 0 Å². The first-order valence-electron chi connectivity index (χ1n) is 9.37. The first kappa shape index (κ1) is 24.7. The third-order valence-electron chi connectivity index (χ3n) is 4.76. The fourth-order valence-corrected chi connectivity index (χ4v) is 3.14. The lowest BCUT2D eigenvalue weighted by Crippen LogP contribution is -2.58. The number of alkyl carbamates (subject to hydrolysis) is 1. The normalized spacial score (nSPS) is 19.1. The molecule has 3 amide bonds. The number of hydrogen-bond donors (Lipinski definition) is 2. The van der Waals surface area contributed by atoms with Gasteiger partial charge in [-0.1, -0.05) is 27.7 Å². The van der Waals surface area contributed by atoms with Gasteiger partial charge in [0.1, 0.15) is 12.1 Å². The number of likely N-dealkylation sites (tertiary alicyclic amines) is 1. The molecule has 0 aromatic rings. The van der Waals surface area contributed by atoms with Crippen LogP contribution in [0.2, 0.25) is 0 Å². The summed E-state index contributed by atoms with van der Waals surface area (Å²) in [5.74, 6) is -4.51. The third kappa shape index (κ3) is 6.33. The summed E-state index contributed by atoms with van der Waals surface area (Å²) in [5, 5.41) is 4.57. The molecule has 1 fully saturated rings. The van der Waals surface area contributed by atoms with Gasteiger partial charge in [-0.25, -0.2) is 4.79 Å². The molecule has 1 aliphatic rings. The van der Waals surface area contributed by atoms with Crippen LogP contribution in [0.15, 0.2) is 0 Å². The number of halogens is 3. The first-order valence-corrected chi connectivity index (χ1v) is 9.37. The van der Waals surface area contributed by atoms with Crippen molar-refractivity contribution in [3.63, 3.8) is 0 Å². The lowest BCUT2D eigenvalue weighted by Gasteiger charge is -2.31. The minimum absolute atomic E-state index is 0.211. The van der Waals surface area contributed by atoms with E-state index in [0.717, 1.165) is 7.11 Å². The van der Waals surface area contributed by atoms with Crippen LogP contribution in [0.25, 0.3) is 0 Å². The highest BCUT2D eigenvalue weighted by atomic mass is 19.4. The van der Waals surface area contributed by atoms with Gasteiger partial charge in [0.05, 0.1) is 13.2 Å². The van der Waals surface area contributed by atoms with Crippen molar-refractivity contribution in [3.05, 3.63) is 0 Å². The fraction of sp³-hybridized carbons (Fsp3) is 0.778. The zero-order chi connectivity index (χ0) is 22.5. The summed E-state index contributed by atoms with van der Waals surface area (Å²) in [7, 11) is 1.15. The number of nitrogens with zero attached hydrogens (tertiary/aromatic N) is 1. The van der Waals surface area contributed by atoms with Crippen molar-refractivity contribution in [1.82, 2.24) is 15.5 Å². The summed E-state index contributed by atoms with van der Waals surface area (Å²) >= 11 is 0. The summed E-state index contributed by atoms with van der Waals surface area (Å²) in [6.07, 6.45) is -5.19. The van der Waals surface area contributed by atoms with Crippen LogP contribution in [-0.4, -0.2) is 66.5 Å². The van der Waals surface area contributed by atoms with Crippen molar-refractivity contribution in [2.45, 2.75) is 64.8 Å². The number of ether oxygens (including phenoxy) is 1. The molecule has 3 unspecified atom stereocenters. The van der Waals surface area contributed by atoms with Gasteiger partial charge in [-0.05, 0) is 24.7 Å². The molecule has 1 saturated heterocycles. The number of amides is 3. The van der Waals surface area contributed by atoms with E-state index in [4.69, 9.17) is 0 Å². The number of methoxy groups -OCH3 is 1. The van der Waals surface area contributed by atoms with Gasteiger partial charge < -0.3 is 20.3 Å². The monoisotopic (exact) mass is 423 g/mol. The molecule has 11 heteroatoms. The molecule has 0 spiro atoms. The lowest BCUT2D eigenvalue weighted by atomic mass is 9.98.